The number of amides is 1. The van der Waals surface area contributed by atoms with Gasteiger partial charge in [0.2, 0.25) is 0 Å². The third kappa shape index (κ3) is 5.53. The number of nitrogens with zero attached hydrogens (tertiary/aromatic N) is 3. The Morgan fingerprint density at radius 1 is 1.22 bits per heavy atom. The summed E-state index contributed by atoms with van der Waals surface area (Å²) in [6, 6.07) is 11.7. The highest BCUT2D eigenvalue weighted by Gasteiger charge is 2.21. The van der Waals surface area contributed by atoms with Gasteiger partial charge < -0.3 is 14.2 Å². The van der Waals surface area contributed by atoms with Crippen molar-refractivity contribution in [2.24, 2.45) is 0 Å². The molecular weight excluding hydrogens is 433 g/mol. The number of rotatable bonds is 9. The maximum atomic E-state index is 13.6. The van der Waals surface area contributed by atoms with Crippen molar-refractivity contribution in [3.05, 3.63) is 48.3 Å². The van der Waals surface area contributed by atoms with Gasteiger partial charge in [-0.1, -0.05) is 23.5 Å². The Balaban J connectivity index is 1.48. The molecule has 2 aromatic carbocycles. The minimum Gasteiger partial charge on any atom is -0.493 e. The maximum Gasteiger partial charge on any atom is 0.266 e. The molecule has 0 N–H and O–H groups in total. The van der Waals surface area contributed by atoms with Gasteiger partial charge in [-0.3, -0.25) is 14.6 Å². The van der Waals surface area contributed by atoms with Crippen LogP contribution in [0.3, 0.4) is 0 Å². The zero-order valence-corrected chi connectivity index (χ0v) is 18.8. The summed E-state index contributed by atoms with van der Waals surface area (Å²) in [5.74, 6) is 0.535. The molecule has 1 fully saturated rings. The lowest BCUT2D eigenvalue weighted by molar-refractivity contribution is -0.120. The minimum absolute atomic E-state index is 0.151. The summed E-state index contributed by atoms with van der Waals surface area (Å²) < 4.78 is 30.8. The van der Waals surface area contributed by atoms with E-state index in [2.05, 4.69) is 9.88 Å². The first-order valence-corrected chi connectivity index (χ1v) is 11.4. The molecule has 1 amide bonds. The molecule has 170 valence electrons. The van der Waals surface area contributed by atoms with Crippen molar-refractivity contribution >= 4 is 32.6 Å². The van der Waals surface area contributed by atoms with Crippen LogP contribution in [0.2, 0.25) is 0 Å². The summed E-state index contributed by atoms with van der Waals surface area (Å²) in [5, 5.41) is 0.543. The van der Waals surface area contributed by atoms with Crippen LogP contribution in [0.1, 0.15) is 6.42 Å². The monoisotopic (exact) mass is 459 g/mol. The third-order valence-electron chi connectivity index (χ3n) is 5.25. The van der Waals surface area contributed by atoms with Crippen molar-refractivity contribution in [3.8, 4) is 11.5 Å². The highest BCUT2D eigenvalue weighted by Crippen LogP contribution is 2.30. The number of hydrogen-bond donors (Lipinski definition) is 0. The largest absolute Gasteiger partial charge is 0.493 e. The molecule has 3 aromatic rings. The predicted octanol–water partition coefficient (Wildman–Crippen LogP) is 3.58. The number of para-hydroxylation sites is 2. The molecule has 0 bridgehead atoms. The Morgan fingerprint density at radius 3 is 2.78 bits per heavy atom. The van der Waals surface area contributed by atoms with Crippen LogP contribution < -0.4 is 14.4 Å². The lowest BCUT2D eigenvalue weighted by Gasteiger charge is -2.27. The third-order valence-corrected chi connectivity index (χ3v) is 6.29. The predicted molar refractivity (Wildman–Crippen MR) is 122 cm³/mol. The molecule has 32 heavy (non-hydrogen) atoms. The van der Waals surface area contributed by atoms with Gasteiger partial charge in [0.05, 0.1) is 30.5 Å². The number of anilines is 1. The minimum atomic E-state index is -0.322. The van der Waals surface area contributed by atoms with Crippen molar-refractivity contribution in [2.75, 3.05) is 58.0 Å². The molecule has 1 aromatic heterocycles. The maximum absolute atomic E-state index is 13.6. The van der Waals surface area contributed by atoms with Crippen LogP contribution >= 0.6 is 11.3 Å². The molecule has 1 aliphatic rings. The van der Waals surface area contributed by atoms with E-state index < -0.39 is 0 Å². The van der Waals surface area contributed by atoms with E-state index in [0.717, 1.165) is 39.3 Å². The van der Waals surface area contributed by atoms with E-state index in [9.17, 15) is 9.18 Å². The second-order valence-corrected chi connectivity index (χ2v) is 8.41. The number of aromatic nitrogens is 1. The number of halogens is 1. The Bertz CT molecular complexity index is 1050. The first-order valence-electron chi connectivity index (χ1n) is 10.6. The average molecular weight is 460 g/mol. The molecule has 4 rings (SSSR count). The number of ether oxygens (including phenoxy) is 3. The molecule has 0 unspecified atom stereocenters. The van der Waals surface area contributed by atoms with Gasteiger partial charge in [0, 0.05) is 26.2 Å². The van der Waals surface area contributed by atoms with Crippen molar-refractivity contribution in [2.45, 2.75) is 6.42 Å². The molecule has 0 atom stereocenters. The second kappa shape index (κ2) is 10.7. The number of thiazole rings is 1. The number of carbonyl (C=O) groups excluding carboxylic acids is 1. The van der Waals surface area contributed by atoms with Crippen LogP contribution in [0.4, 0.5) is 9.52 Å². The van der Waals surface area contributed by atoms with Crippen LogP contribution in [-0.4, -0.2) is 68.9 Å². The van der Waals surface area contributed by atoms with E-state index in [1.165, 1.54) is 23.5 Å². The van der Waals surface area contributed by atoms with Gasteiger partial charge in [-0.25, -0.2) is 9.37 Å². The topological polar surface area (TPSA) is 64.1 Å². The number of morpholine rings is 1. The zero-order valence-electron chi connectivity index (χ0n) is 18.0. The SMILES string of the molecule is COc1ccccc1OCC(=O)N(CCCN1CCOCC1)c1nc2ccc(F)cc2s1. The van der Waals surface area contributed by atoms with Gasteiger partial charge >= 0.3 is 0 Å². The average Bonchev–Trinajstić information content (AvgIpc) is 3.23. The Morgan fingerprint density at radius 2 is 2.00 bits per heavy atom. The van der Waals surface area contributed by atoms with Gasteiger partial charge in [0.1, 0.15) is 5.82 Å². The first kappa shape index (κ1) is 22.4. The second-order valence-electron chi connectivity index (χ2n) is 7.40. The quantitative estimate of drug-likeness (QED) is 0.488. The van der Waals surface area contributed by atoms with Crippen LogP contribution in [-0.2, 0) is 9.53 Å². The number of methoxy groups -OCH3 is 1. The van der Waals surface area contributed by atoms with E-state index in [1.807, 2.05) is 12.1 Å². The van der Waals surface area contributed by atoms with E-state index in [4.69, 9.17) is 14.2 Å². The number of fused-ring (bicyclic) bond motifs is 1. The summed E-state index contributed by atoms with van der Waals surface area (Å²) in [5.41, 5.74) is 0.669. The van der Waals surface area contributed by atoms with Crippen LogP contribution in [0.5, 0.6) is 11.5 Å². The number of carbonyl (C=O) groups is 1. The summed E-state index contributed by atoms with van der Waals surface area (Å²) in [6.45, 7) is 4.46. The summed E-state index contributed by atoms with van der Waals surface area (Å²) in [4.78, 5) is 21.7. The molecular formula is C23H26FN3O4S. The Kier molecular flexibility index (Phi) is 7.51. The fraction of sp³-hybridized carbons (Fsp3) is 0.391. The summed E-state index contributed by atoms with van der Waals surface area (Å²) in [6.07, 6.45) is 0.782. The van der Waals surface area contributed by atoms with Gasteiger partial charge in [0.15, 0.2) is 23.2 Å². The first-order chi connectivity index (χ1) is 15.6. The molecule has 9 heteroatoms. The van der Waals surface area contributed by atoms with E-state index >= 15 is 0 Å². The molecule has 0 spiro atoms. The van der Waals surface area contributed by atoms with Crippen LogP contribution in [0, 0.1) is 5.82 Å². The Hall–Kier alpha value is -2.75. The molecule has 0 radical (unpaired) electrons. The normalized spacial score (nSPS) is 14.4. The van der Waals surface area contributed by atoms with Crippen molar-refractivity contribution < 1.29 is 23.4 Å². The molecule has 7 nitrogen and oxygen atoms in total. The smallest absolute Gasteiger partial charge is 0.266 e. The molecule has 2 heterocycles. The highest BCUT2D eigenvalue weighted by atomic mass is 32.1. The lowest BCUT2D eigenvalue weighted by Crippen LogP contribution is -2.40. The van der Waals surface area contributed by atoms with E-state index in [0.29, 0.717) is 33.4 Å². The number of benzene rings is 2. The van der Waals surface area contributed by atoms with Crippen LogP contribution in [0.25, 0.3) is 10.2 Å². The Labute approximate surface area is 190 Å². The van der Waals surface area contributed by atoms with Gasteiger partial charge in [0.25, 0.3) is 5.91 Å². The fourth-order valence-corrected chi connectivity index (χ4v) is 4.60. The standard InChI is InChI=1S/C23H26FN3O4S/c1-29-19-5-2-3-6-20(19)31-16-22(28)27(10-4-9-26-11-13-30-14-12-26)23-25-18-8-7-17(24)15-21(18)32-23/h2-3,5-8,15H,4,9-14,16H2,1H3. The van der Waals surface area contributed by atoms with Gasteiger partial charge in [-0.2, -0.15) is 0 Å². The summed E-state index contributed by atoms with van der Waals surface area (Å²) in [7, 11) is 1.56. The lowest BCUT2D eigenvalue weighted by atomic mass is 10.3. The highest BCUT2D eigenvalue weighted by molar-refractivity contribution is 7.22. The molecule has 1 saturated heterocycles. The van der Waals surface area contributed by atoms with Crippen molar-refractivity contribution in [1.82, 2.24) is 9.88 Å². The number of hydrogen-bond acceptors (Lipinski definition) is 7. The zero-order chi connectivity index (χ0) is 22.3. The summed E-state index contributed by atoms with van der Waals surface area (Å²) >= 11 is 1.30. The van der Waals surface area contributed by atoms with Crippen molar-refractivity contribution in [1.29, 1.82) is 0 Å². The molecule has 0 saturated carbocycles. The molecule has 0 aliphatic carbocycles. The fourth-order valence-electron chi connectivity index (χ4n) is 3.56. The van der Waals surface area contributed by atoms with E-state index in [1.54, 1.807) is 30.2 Å². The van der Waals surface area contributed by atoms with Crippen molar-refractivity contribution in [3.63, 3.8) is 0 Å². The van der Waals surface area contributed by atoms with Gasteiger partial charge in [-0.05, 0) is 36.8 Å². The van der Waals surface area contributed by atoms with E-state index in [-0.39, 0.29) is 18.3 Å². The van der Waals surface area contributed by atoms with Gasteiger partial charge in [-0.15, -0.1) is 0 Å². The van der Waals surface area contributed by atoms with Crippen LogP contribution in [0.15, 0.2) is 42.5 Å². The molecule has 1 aliphatic heterocycles.